The molecule has 1 unspecified atom stereocenters. The maximum absolute atomic E-state index is 13.4. The van der Waals surface area contributed by atoms with Crippen LogP contribution >= 0.6 is 12.4 Å². The number of rotatable bonds is 4. The molecule has 0 spiro atoms. The highest BCUT2D eigenvalue weighted by molar-refractivity contribution is 5.99. The van der Waals surface area contributed by atoms with E-state index in [9.17, 15) is 4.79 Å². The van der Waals surface area contributed by atoms with Crippen molar-refractivity contribution < 1.29 is 4.79 Å². The molecule has 1 N–H and O–H groups in total. The zero-order valence-electron chi connectivity index (χ0n) is 19.3. The van der Waals surface area contributed by atoms with Crippen molar-refractivity contribution in [2.75, 3.05) is 13.1 Å². The number of likely N-dealkylation sites (tertiary alicyclic amines) is 1. The molecule has 33 heavy (non-hydrogen) atoms. The van der Waals surface area contributed by atoms with Gasteiger partial charge in [0.1, 0.15) is 0 Å². The van der Waals surface area contributed by atoms with Gasteiger partial charge in [0.25, 0.3) is 5.91 Å². The van der Waals surface area contributed by atoms with E-state index in [-0.39, 0.29) is 24.2 Å². The van der Waals surface area contributed by atoms with Gasteiger partial charge in [-0.1, -0.05) is 18.2 Å². The lowest BCUT2D eigenvalue weighted by molar-refractivity contribution is 0.0705. The van der Waals surface area contributed by atoms with Crippen LogP contribution in [0, 0.1) is 13.8 Å². The number of piperidine rings is 1. The largest absolute Gasteiger partial charge is 0.357 e. The number of hydrogen-bond donors (Lipinski definition) is 1. The molecule has 1 amide bonds. The standard InChI is InChI=1S/C26H29N5O.ClH/c1-4-31-16-22(18(3)29-31)26(32)30-14-6-8-20(15-30)25-23(19-10-12-27-13-11-19)21-9-5-7-17(2)24(21)28-25;/h5,7,9-13,16,20,28H,4,6,8,14-15H2,1-3H3;1H. The van der Waals surface area contributed by atoms with Crippen LogP contribution in [-0.2, 0) is 6.54 Å². The second-order valence-corrected chi connectivity index (χ2v) is 8.72. The molecule has 0 aliphatic carbocycles. The van der Waals surface area contributed by atoms with Gasteiger partial charge in [0, 0.05) is 66.3 Å². The summed E-state index contributed by atoms with van der Waals surface area (Å²) in [6.07, 6.45) is 7.62. The fourth-order valence-corrected chi connectivity index (χ4v) is 4.98. The Kier molecular flexibility index (Phi) is 6.56. The van der Waals surface area contributed by atoms with Crippen molar-refractivity contribution in [3.8, 4) is 11.1 Å². The quantitative estimate of drug-likeness (QED) is 0.434. The van der Waals surface area contributed by atoms with Gasteiger partial charge in [0.15, 0.2) is 0 Å². The third-order valence-corrected chi connectivity index (χ3v) is 6.66. The van der Waals surface area contributed by atoms with E-state index in [2.05, 4.69) is 52.3 Å². The molecule has 6 nitrogen and oxygen atoms in total. The van der Waals surface area contributed by atoms with Crippen molar-refractivity contribution in [2.24, 2.45) is 0 Å². The van der Waals surface area contributed by atoms with Crippen LogP contribution in [0.2, 0.25) is 0 Å². The number of amides is 1. The summed E-state index contributed by atoms with van der Waals surface area (Å²) >= 11 is 0. The van der Waals surface area contributed by atoms with E-state index in [1.807, 2.05) is 42.0 Å². The zero-order valence-corrected chi connectivity index (χ0v) is 20.2. The van der Waals surface area contributed by atoms with Crippen molar-refractivity contribution >= 4 is 29.2 Å². The second-order valence-electron chi connectivity index (χ2n) is 8.72. The summed E-state index contributed by atoms with van der Waals surface area (Å²) in [7, 11) is 0. The number of para-hydroxylation sites is 1. The molecule has 7 heteroatoms. The first-order valence-corrected chi connectivity index (χ1v) is 11.4. The predicted molar refractivity (Wildman–Crippen MR) is 134 cm³/mol. The highest BCUT2D eigenvalue weighted by atomic mass is 35.5. The minimum atomic E-state index is 0. The Hall–Kier alpha value is -3.12. The van der Waals surface area contributed by atoms with Crippen LogP contribution in [0.5, 0.6) is 0 Å². The number of carbonyl (C=O) groups excluding carboxylic acids is 1. The number of hydrogen-bond acceptors (Lipinski definition) is 3. The van der Waals surface area contributed by atoms with Gasteiger partial charge >= 0.3 is 0 Å². The molecule has 1 fully saturated rings. The van der Waals surface area contributed by atoms with E-state index in [1.54, 1.807) is 0 Å². The number of nitrogens with one attached hydrogen (secondary N) is 1. The van der Waals surface area contributed by atoms with Crippen LogP contribution in [0.15, 0.2) is 48.9 Å². The van der Waals surface area contributed by atoms with Gasteiger partial charge in [0.2, 0.25) is 0 Å². The number of benzene rings is 1. The molecule has 1 atom stereocenters. The van der Waals surface area contributed by atoms with Crippen LogP contribution in [0.25, 0.3) is 22.0 Å². The first kappa shape index (κ1) is 23.1. The van der Waals surface area contributed by atoms with Gasteiger partial charge in [-0.2, -0.15) is 5.10 Å². The van der Waals surface area contributed by atoms with Gasteiger partial charge in [-0.15, -0.1) is 12.4 Å². The fraction of sp³-hybridized carbons (Fsp3) is 0.346. The van der Waals surface area contributed by atoms with Gasteiger partial charge < -0.3 is 9.88 Å². The van der Waals surface area contributed by atoms with Crippen molar-refractivity contribution in [3.05, 3.63) is 71.4 Å². The molecule has 1 saturated heterocycles. The summed E-state index contributed by atoms with van der Waals surface area (Å²) in [4.78, 5) is 23.3. The number of aryl methyl sites for hydroxylation is 3. The predicted octanol–water partition coefficient (Wildman–Crippen LogP) is 5.50. The average Bonchev–Trinajstić information content (AvgIpc) is 3.41. The molecule has 0 saturated carbocycles. The first-order valence-electron chi connectivity index (χ1n) is 11.4. The number of pyridine rings is 1. The minimum absolute atomic E-state index is 0. The molecular weight excluding hydrogens is 434 g/mol. The number of halogens is 1. The molecule has 172 valence electrons. The fourth-order valence-electron chi connectivity index (χ4n) is 4.98. The monoisotopic (exact) mass is 463 g/mol. The molecule has 3 aromatic heterocycles. The summed E-state index contributed by atoms with van der Waals surface area (Å²) < 4.78 is 1.84. The molecule has 4 aromatic rings. The summed E-state index contributed by atoms with van der Waals surface area (Å²) in [6, 6.07) is 10.6. The van der Waals surface area contributed by atoms with Gasteiger partial charge in [-0.3, -0.25) is 14.5 Å². The highest BCUT2D eigenvalue weighted by Crippen LogP contribution is 2.40. The maximum Gasteiger partial charge on any atom is 0.257 e. The Morgan fingerprint density at radius 1 is 1.18 bits per heavy atom. The van der Waals surface area contributed by atoms with Crippen LogP contribution < -0.4 is 0 Å². The summed E-state index contributed by atoms with van der Waals surface area (Å²) in [5.41, 5.74) is 7.55. The third kappa shape index (κ3) is 4.15. The number of aromatic amines is 1. The van der Waals surface area contributed by atoms with E-state index in [0.717, 1.165) is 37.2 Å². The second kappa shape index (κ2) is 9.40. The smallest absolute Gasteiger partial charge is 0.257 e. The molecule has 0 radical (unpaired) electrons. The van der Waals surface area contributed by atoms with Crippen molar-refractivity contribution in [3.63, 3.8) is 0 Å². The third-order valence-electron chi connectivity index (χ3n) is 6.66. The van der Waals surface area contributed by atoms with E-state index in [4.69, 9.17) is 0 Å². The zero-order chi connectivity index (χ0) is 22.2. The number of H-pyrrole nitrogens is 1. The summed E-state index contributed by atoms with van der Waals surface area (Å²) in [5.74, 6) is 0.342. The number of fused-ring (bicyclic) bond motifs is 1. The first-order chi connectivity index (χ1) is 15.6. The van der Waals surface area contributed by atoms with Gasteiger partial charge in [-0.05, 0) is 56.9 Å². The lowest BCUT2D eigenvalue weighted by Gasteiger charge is -2.33. The number of aromatic nitrogens is 4. The molecule has 0 bridgehead atoms. The van der Waals surface area contributed by atoms with E-state index in [0.29, 0.717) is 12.1 Å². The Morgan fingerprint density at radius 2 is 1.97 bits per heavy atom. The van der Waals surface area contributed by atoms with E-state index in [1.165, 1.54) is 27.7 Å². The lowest BCUT2D eigenvalue weighted by atomic mass is 9.89. The van der Waals surface area contributed by atoms with Crippen molar-refractivity contribution in [1.29, 1.82) is 0 Å². The molecular formula is C26H30ClN5O. The Balaban J connectivity index is 0.00000259. The topological polar surface area (TPSA) is 66.8 Å². The van der Waals surface area contributed by atoms with Crippen LogP contribution in [-0.4, -0.2) is 43.6 Å². The molecule has 4 heterocycles. The number of carbonyl (C=O) groups is 1. The lowest BCUT2D eigenvalue weighted by Crippen LogP contribution is -2.39. The van der Waals surface area contributed by atoms with E-state index < -0.39 is 0 Å². The molecule has 1 aliphatic rings. The maximum atomic E-state index is 13.4. The highest BCUT2D eigenvalue weighted by Gasteiger charge is 2.30. The Morgan fingerprint density at radius 3 is 2.70 bits per heavy atom. The Labute approximate surface area is 200 Å². The van der Waals surface area contributed by atoms with Crippen molar-refractivity contribution in [2.45, 2.75) is 46.1 Å². The van der Waals surface area contributed by atoms with Crippen LogP contribution in [0.4, 0.5) is 0 Å². The number of nitrogens with zero attached hydrogens (tertiary/aromatic N) is 4. The molecule has 1 aromatic carbocycles. The van der Waals surface area contributed by atoms with Crippen LogP contribution in [0.3, 0.4) is 0 Å². The van der Waals surface area contributed by atoms with Crippen LogP contribution in [0.1, 0.15) is 53.0 Å². The molecule has 5 rings (SSSR count). The van der Waals surface area contributed by atoms with Gasteiger partial charge in [-0.25, -0.2) is 0 Å². The average molecular weight is 464 g/mol. The SMILES string of the molecule is CCn1cc(C(=O)N2CCCC(c3[nH]c4c(C)cccc4c3-c3ccncc3)C2)c(C)n1.Cl. The molecule has 1 aliphatic heterocycles. The van der Waals surface area contributed by atoms with E-state index >= 15 is 0 Å². The summed E-state index contributed by atoms with van der Waals surface area (Å²) in [5, 5.41) is 5.70. The summed E-state index contributed by atoms with van der Waals surface area (Å²) in [6.45, 7) is 8.36. The minimum Gasteiger partial charge on any atom is -0.357 e. The van der Waals surface area contributed by atoms with Crippen molar-refractivity contribution in [1.82, 2.24) is 24.6 Å². The van der Waals surface area contributed by atoms with Gasteiger partial charge in [0.05, 0.1) is 11.3 Å². The Bertz CT molecular complexity index is 1280. The normalized spacial score (nSPS) is 16.1.